The van der Waals surface area contributed by atoms with Crippen molar-refractivity contribution in [2.45, 2.75) is 13.0 Å². The highest BCUT2D eigenvalue weighted by Crippen LogP contribution is 2.28. The van der Waals surface area contributed by atoms with Crippen molar-refractivity contribution in [3.63, 3.8) is 0 Å². The van der Waals surface area contributed by atoms with Gasteiger partial charge in [0.25, 0.3) is 5.89 Å². The van der Waals surface area contributed by atoms with Crippen LogP contribution in [0.25, 0.3) is 11.5 Å². The summed E-state index contributed by atoms with van der Waals surface area (Å²) in [6.07, 6.45) is -2.96. The summed E-state index contributed by atoms with van der Waals surface area (Å²) in [6.45, 7) is 0.734. The predicted molar refractivity (Wildman–Crippen MR) is 122 cm³/mol. The van der Waals surface area contributed by atoms with Gasteiger partial charge >= 0.3 is 6.43 Å². The van der Waals surface area contributed by atoms with E-state index in [2.05, 4.69) is 10.2 Å². The Morgan fingerprint density at radius 3 is 2.51 bits per heavy atom. The van der Waals surface area contributed by atoms with Crippen LogP contribution in [0.15, 0.2) is 40.8 Å². The lowest BCUT2D eigenvalue weighted by Gasteiger charge is -2.30. The van der Waals surface area contributed by atoms with Crippen molar-refractivity contribution in [1.82, 2.24) is 15.1 Å². The average molecular weight is 531 g/mol. The standard InChI is InChI=1S/C22H19ClF4N4O3S/c23-16-10-15(3-4-17(16)24)31(19(32)12-30-5-7-35(33)8-6-30)11-14-2-1-13(9-18(14)25)21-28-29-22(34-21)20(26)27/h1-4,9-10,20H,5-8,11-12H2. The molecule has 1 amide bonds. The fourth-order valence-electron chi connectivity index (χ4n) is 3.51. The molecule has 0 N–H and O–H groups in total. The van der Waals surface area contributed by atoms with Gasteiger partial charge in [-0.25, -0.2) is 8.78 Å². The van der Waals surface area contributed by atoms with Gasteiger partial charge in [-0.1, -0.05) is 28.8 Å². The molecular formula is C22H19ClF4N4O3S. The number of carbonyl (C=O) groups is 1. The van der Waals surface area contributed by atoms with Gasteiger partial charge in [-0.15, -0.1) is 10.2 Å². The lowest BCUT2D eigenvalue weighted by molar-refractivity contribution is -0.119. The van der Waals surface area contributed by atoms with Gasteiger partial charge in [-0.05, 0) is 30.3 Å². The quantitative estimate of drug-likeness (QED) is 0.336. The van der Waals surface area contributed by atoms with Crippen molar-refractivity contribution in [2.24, 2.45) is 0 Å². The van der Waals surface area contributed by atoms with E-state index in [0.29, 0.717) is 24.6 Å². The maximum Gasteiger partial charge on any atom is 0.314 e. The Bertz CT molecular complexity index is 1210. The van der Waals surface area contributed by atoms with Crippen molar-refractivity contribution in [2.75, 3.05) is 36.0 Å². The van der Waals surface area contributed by atoms with Crippen LogP contribution >= 0.6 is 11.6 Å². The molecule has 1 aromatic heterocycles. The normalized spacial score (nSPS) is 15.1. The number of carbonyl (C=O) groups excluding carboxylic acids is 1. The topological polar surface area (TPSA) is 85.5 Å². The minimum absolute atomic E-state index is 0.00963. The molecule has 0 unspecified atom stereocenters. The number of rotatable bonds is 7. The second-order valence-electron chi connectivity index (χ2n) is 7.75. The third kappa shape index (κ3) is 6.13. The number of hydrogen-bond donors (Lipinski definition) is 0. The Kier molecular flexibility index (Phi) is 7.95. The summed E-state index contributed by atoms with van der Waals surface area (Å²) in [7, 11) is 0. The first-order chi connectivity index (χ1) is 16.7. The first-order valence-corrected chi connectivity index (χ1v) is 12.3. The number of hydrogen-bond acceptors (Lipinski definition) is 6. The molecule has 1 saturated heterocycles. The minimum atomic E-state index is -2.96. The van der Waals surface area contributed by atoms with Crippen LogP contribution in [0.3, 0.4) is 0 Å². The minimum Gasteiger partial charge on any atom is -0.616 e. The maximum absolute atomic E-state index is 15.0. The predicted octanol–water partition coefficient (Wildman–Crippen LogP) is 4.20. The Morgan fingerprint density at radius 1 is 1.14 bits per heavy atom. The molecule has 1 aliphatic heterocycles. The van der Waals surface area contributed by atoms with Gasteiger partial charge in [0.05, 0.1) is 18.1 Å². The fraction of sp³-hybridized carbons (Fsp3) is 0.318. The first-order valence-electron chi connectivity index (χ1n) is 10.4. The van der Waals surface area contributed by atoms with Crippen LogP contribution < -0.4 is 4.90 Å². The SMILES string of the molecule is O=C(CN1CC[S+]([O-])CC1)N(Cc1ccc(-c2nnc(C(F)F)o2)cc1F)c1ccc(F)c(Cl)c1. The molecule has 35 heavy (non-hydrogen) atoms. The molecule has 0 saturated carbocycles. The van der Waals surface area contributed by atoms with Crippen LogP contribution in [-0.2, 0) is 22.5 Å². The molecule has 0 atom stereocenters. The maximum atomic E-state index is 15.0. The lowest BCUT2D eigenvalue weighted by Crippen LogP contribution is -2.46. The largest absolute Gasteiger partial charge is 0.616 e. The van der Waals surface area contributed by atoms with E-state index < -0.39 is 35.1 Å². The first kappa shape index (κ1) is 25.4. The molecule has 2 heterocycles. The third-order valence-electron chi connectivity index (χ3n) is 5.40. The molecule has 186 valence electrons. The Balaban J connectivity index is 1.58. The van der Waals surface area contributed by atoms with Gasteiger partial charge in [0.15, 0.2) is 0 Å². The van der Waals surface area contributed by atoms with Crippen LogP contribution in [0.5, 0.6) is 0 Å². The number of benzene rings is 2. The van der Waals surface area contributed by atoms with Gasteiger partial charge in [0, 0.05) is 29.9 Å². The van der Waals surface area contributed by atoms with E-state index in [-0.39, 0.29) is 46.7 Å². The molecule has 1 aliphatic rings. The monoisotopic (exact) mass is 530 g/mol. The molecule has 13 heteroatoms. The summed E-state index contributed by atoms with van der Waals surface area (Å²) in [4.78, 5) is 16.3. The third-order valence-corrected chi connectivity index (χ3v) is 6.97. The number of nitrogens with zero attached hydrogens (tertiary/aromatic N) is 4. The van der Waals surface area contributed by atoms with E-state index >= 15 is 0 Å². The van der Waals surface area contributed by atoms with Crippen molar-refractivity contribution in [1.29, 1.82) is 0 Å². The Morgan fingerprint density at radius 2 is 1.89 bits per heavy atom. The molecule has 0 radical (unpaired) electrons. The number of anilines is 1. The van der Waals surface area contributed by atoms with Crippen molar-refractivity contribution < 1.29 is 31.3 Å². The summed E-state index contributed by atoms with van der Waals surface area (Å²) in [5.41, 5.74) is 0.467. The van der Waals surface area contributed by atoms with E-state index in [9.17, 15) is 26.9 Å². The van der Waals surface area contributed by atoms with Gasteiger partial charge in [0.2, 0.25) is 11.8 Å². The Labute approximate surface area is 205 Å². The molecule has 1 fully saturated rings. The zero-order valence-corrected chi connectivity index (χ0v) is 19.7. The van der Waals surface area contributed by atoms with Crippen LogP contribution in [0.1, 0.15) is 17.9 Å². The van der Waals surface area contributed by atoms with Crippen LogP contribution in [0.2, 0.25) is 5.02 Å². The van der Waals surface area contributed by atoms with Gasteiger partial charge in [0.1, 0.15) is 23.1 Å². The van der Waals surface area contributed by atoms with E-state index in [4.69, 9.17) is 16.0 Å². The summed E-state index contributed by atoms with van der Waals surface area (Å²) in [5, 5.41) is 6.52. The van der Waals surface area contributed by atoms with E-state index in [1.165, 1.54) is 29.2 Å². The fourth-order valence-corrected chi connectivity index (χ4v) is 4.81. The molecule has 4 rings (SSSR count). The van der Waals surface area contributed by atoms with Crippen molar-refractivity contribution >= 4 is 34.4 Å². The Hall–Kier alpha value is -2.67. The zero-order valence-electron chi connectivity index (χ0n) is 18.1. The molecular weight excluding hydrogens is 512 g/mol. The van der Waals surface area contributed by atoms with Gasteiger partial charge in [-0.3, -0.25) is 9.69 Å². The zero-order chi connectivity index (χ0) is 25.1. The summed E-state index contributed by atoms with van der Waals surface area (Å²) >= 11 is 4.99. The van der Waals surface area contributed by atoms with Crippen LogP contribution in [-0.4, -0.2) is 56.7 Å². The number of aromatic nitrogens is 2. The molecule has 3 aromatic rings. The number of halogens is 5. The highest BCUT2D eigenvalue weighted by atomic mass is 35.5. The highest BCUT2D eigenvalue weighted by Gasteiger charge is 2.26. The number of amides is 1. The molecule has 0 spiro atoms. The van der Waals surface area contributed by atoms with Gasteiger partial charge in [-0.2, -0.15) is 8.78 Å². The van der Waals surface area contributed by atoms with E-state index in [0.717, 1.165) is 12.1 Å². The highest BCUT2D eigenvalue weighted by molar-refractivity contribution is 7.91. The molecule has 2 aromatic carbocycles. The van der Waals surface area contributed by atoms with Crippen LogP contribution in [0, 0.1) is 11.6 Å². The lowest BCUT2D eigenvalue weighted by atomic mass is 10.1. The second kappa shape index (κ2) is 10.9. The van der Waals surface area contributed by atoms with Crippen molar-refractivity contribution in [3.05, 3.63) is 64.5 Å². The molecule has 0 aliphatic carbocycles. The summed E-state index contributed by atoms with van der Waals surface area (Å²) in [5.74, 6) is -2.04. The van der Waals surface area contributed by atoms with Gasteiger partial charge < -0.3 is 13.9 Å². The molecule has 0 bridgehead atoms. The summed E-state index contributed by atoms with van der Waals surface area (Å²) < 4.78 is 70.6. The average Bonchev–Trinajstić information content (AvgIpc) is 3.32. The second-order valence-corrected chi connectivity index (χ2v) is 9.86. The van der Waals surface area contributed by atoms with Crippen molar-refractivity contribution in [3.8, 4) is 11.5 Å². The van der Waals surface area contributed by atoms with E-state index in [1.807, 2.05) is 4.90 Å². The summed E-state index contributed by atoms with van der Waals surface area (Å²) in [6, 6.07) is 7.56. The van der Waals surface area contributed by atoms with Crippen LogP contribution in [0.4, 0.5) is 23.2 Å². The molecule has 7 nitrogen and oxygen atoms in total. The number of alkyl halides is 2. The van der Waals surface area contributed by atoms with E-state index in [1.54, 1.807) is 0 Å². The smallest absolute Gasteiger partial charge is 0.314 e.